The van der Waals surface area contributed by atoms with Gasteiger partial charge in [0.1, 0.15) is 0 Å². The average molecular weight is 197 g/mol. The summed E-state index contributed by atoms with van der Waals surface area (Å²) >= 11 is 5.23. The van der Waals surface area contributed by atoms with E-state index in [0.29, 0.717) is 6.42 Å². The molecule has 0 unspecified atom stereocenters. The van der Waals surface area contributed by atoms with Crippen molar-refractivity contribution in [1.82, 2.24) is 0 Å². The van der Waals surface area contributed by atoms with Gasteiger partial charge < -0.3 is 0 Å². The van der Waals surface area contributed by atoms with Crippen LogP contribution in [-0.2, 0) is 11.2 Å². The van der Waals surface area contributed by atoms with Crippen molar-refractivity contribution in [3.63, 3.8) is 0 Å². The summed E-state index contributed by atoms with van der Waals surface area (Å²) in [4.78, 5) is 10.5. The first kappa shape index (κ1) is 10.3. The highest BCUT2D eigenvalue weighted by atomic mass is 35.5. The monoisotopic (exact) mass is 196 g/mol. The van der Waals surface area contributed by atoms with Crippen LogP contribution in [0.4, 0.5) is 0 Å². The molecule has 0 aromatic heterocycles. The standard InChI is InChI=1S/C11H13ClO/c1-9-5-7-10(8-6-9)3-2-4-11(12)13/h5-8H,2-4H2,1H3. The highest BCUT2D eigenvalue weighted by molar-refractivity contribution is 6.63. The molecular weight excluding hydrogens is 184 g/mol. The third-order valence-corrected chi connectivity index (χ3v) is 2.15. The fourth-order valence-electron chi connectivity index (χ4n) is 1.19. The average Bonchev–Trinajstić information content (AvgIpc) is 2.08. The van der Waals surface area contributed by atoms with Gasteiger partial charge in [0.2, 0.25) is 5.24 Å². The van der Waals surface area contributed by atoms with E-state index in [1.165, 1.54) is 11.1 Å². The zero-order valence-corrected chi connectivity index (χ0v) is 8.47. The zero-order valence-electron chi connectivity index (χ0n) is 7.72. The van der Waals surface area contributed by atoms with Gasteiger partial charge in [-0.15, -0.1) is 0 Å². The first-order valence-corrected chi connectivity index (χ1v) is 4.80. The predicted octanol–water partition coefficient (Wildman–Crippen LogP) is 3.08. The number of rotatable bonds is 4. The number of halogens is 1. The molecule has 2 heteroatoms. The molecule has 0 aliphatic carbocycles. The largest absolute Gasteiger partial charge is 0.281 e. The van der Waals surface area contributed by atoms with E-state index in [9.17, 15) is 4.79 Å². The molecule has 1 aromatic carbocycles. The minimum Gasteiger partial charge on any atom is -0.281 e. The molecule has 1 rings (SSSR count). The molecule has 70 valence electrons. The second-order valence-corrected chi connectivity index (χ2v) is 3.62. The van der Waals surface area contributed by atoms with Gasteiger partial charge in [0.25, 0.3) is 0 Å². The second-order valence-electron chi connectivity index (χ2n) is 3.19. The van der Waals surface area contributed by atoms with Crippen LogP contribution in [0, 0.1) is 6.92 Å². The molecule has 0 spiro atoms. The van der Waals surface area contributed by atoms with E-state index in [2.05, 4.69) is 31.2 Å². The van der Waals surface area contributed by atoms with Crippen molar-refractivity contribution in [2.75, 3.05) is 0 Å². The Bertz CT molecular complexity index is 277. The summed E-state index contributed by atoms with van der Waals surface area (Å²) in [6.07, 6.45) is 2.24. The quantitative estimate of drug-likeness (QED) is 0.677. The molecule has 0 fully saturated rings. The van der Waals surface area contributed by atoms with Crippen molar-refractivity contribution >= 4 is 16.8 Å². The van der Waals surface area contributed by atoms with Gasteiger partial charge in [-0.25, -0.2) is 0 Å². The minimum atomic E-state index is -0.243. The van der Waals surface area contributed by atoms with Gasteiger partial charge in [0.05, 0.1) is 0 Å². The van der Waals surface area contributed by atoms with Gasteiger partial charge in [-0.05, 0) is 36.9 Å². The molecule has 0 saturated heterocycles. The number of benzene rings is 1. The van der Waals surface area contributed by atoms with Crippen LogP contribution >= 0.6 is 11.6 Å². The van der Waals surface area contributed by atoms with Crippen molar-refractivity contribution in [3.05, 3.63) is 35.4 Å². The molecule has 1 aromatic rings. The van der Waals surface area contributed by atoms with Gasteiger partial charge >= 0.3 is 0 Å². The summed E-state index contributed by atoms with van der Waals surface area (Å²) in [5.74, 6) is 0. The summed E-state index contributed by atoms with van der Waals surface area (Å²) in [5, 5.41) is -0.243. The fourth-order valence-corrected chi connectivity index (χ4v) is 1.32. The molecular formula is C11H13ClO. The molecule has 1 nitrogen and oxygen atoms in total. The smallest absolute Gasteiger partial charge is 0.221 e. The number of carbonyl (C=O) groups excluding carboxylic acids is 1. The van der Waals surface area contributed by atoms with Crippen molar-refractivity contribution in [1.29, 1.82) is 0 Å². The maximum absolute atomic E-state index is 10.5. The van der Waals surface area contributed by atoms with Crippen LogP contribution in [0.5, 0.6) is 0 Å². The number of hydrogen-bond acceptors (Lipinski definition) is 1. The Balaban J connectivity index is 2.37. The van der Waals surface area contributed by atoms with Gasteiger partial charge in [0.15, 0.2) is 0 Å². The lowest BCUT2D eigenvalue weighted by molar-refractivity contribution is -0.111. The lowest BCUT2D eigenvalue weighted by atomic mass is 10.1. The van der Waals surface area contributed by atoms with E-state index in [1.54, 1.807) is 0 Å². The number of hydrogen-bond donors (Lipinski definition) is 0. The summed E-state index contributed by atoms with van der Waals surface area (Å²) < 4.78 is 0. The Morgan fingerprint density at radius 1 is 1.31 bits per heavy atom. The Morgan fingerprint density at radius 2 is 1.92 bits per heavy atom. The topological polar surface area (TPSA) is 17.1 Å². The summed E-state index contributed by atoms with van der Waals surface area (Å²) in [6, 6.07) is 8.35. The van der Waals surface area contributed by atoms with E-state index in [1.807, 2.05) is 0 Å². The lowest BCUT2D eigenvalue weighted by Gasteiger charge is -1.99. The first-order chi connectivity index (χ1) is 6.18. The highest BCUT2D eigenvalue weighted by Crippen LogP contribution is 2.07. The third kappa shape index (κ3) is 4.09. The van der Waals surface area contributed by atoms with Crippen LogP contribution in [0.15, 0.2) is 24.3 Å². The number of aryl methyl sites for hydroxylation is 2. The zero-order chi connectivity index (χ0) is 9.68. The molecule has 0 aliphatic rings. The molecule has 0 radical (unpaired) electrons. The predicted molar refractivity (Wildman–Crippen MR) is 55.0 cm³/mol. The van der Waals surface area contributed by atoms with Crippen molar-refractivity contribution in [2.45, 2.75) is 26.2 Å². The van der Waals surface area contributed by atoms with Crippen LogP contribution < -0.4 is 0 Å². The van der Waals surface area contributed by atoms with Crippen LogP contribution in [-0.4, -0.2) is 5.24 Å². The summed E-state index contributed by atoms with van der Waals surface area (Å²) in [6.45, 7) is 2.06. The molecule has 0 atom stereocenters. The molecule has 0 amide bonds. The van der Waals surface area contributed by atoms with Gasteiger partial charge in [-0.3, -0.25) is 4.79 Å². The maximum Gasteiger partial charge on any atom is 0.221 e. The molecule has 0 heterocycles. The van der Waals surface area contributed by atoms with Crippen molar-refractivity contribution in [2.24, 2.45) is 0 Å². The third-order valence-electron chi connectivity index (χ3n) is 1.96. The van der Waals surface area contributed by atoms with Crippen LogP contribution in [0.25, 0.3) is 0 Å². The molecule has 0 N–H and O–H groups in total. The van der Waals surface area contributed by atoms with Crippen LogP contribution in [0.1, 0.15) is 24.0 Å². The van der Waals surface area contributed by atoms with Crippen LogP contribution in [0.2, 0.25) is 0 Å². The lowest BCUT2D eigenvalue weighted by Crippen LogP contribution is -1.90. The SMILES string of the molecule is Cc1ccc(CCCC(=O)Cl)cc1. The first-order valence-electron chi connectivity index (χ1n) is 4.42. The van der Waals surface area contributed by atoms with E-state index in [-0.39, 0.29) is 5.24 Å². The van der Waals surface area contributed by atoms with Crippen molar-refractivity contribution < 1.29 is 4.79 Å². The van der Waals surface area contributed by atoms with E-state index >= 15 is 0 Å². The molecule has 0 bridgehead atoms. The normalized spacial score (nSPS) is 10.0. The summed E-state index contributed by atoms with van der Waals surface area (Å²) in [5.41, 5.74) is 2.53. The second kappa shape index (κ2) is 5.03. The molecule has 0 saturated carbocycles. The summed E-state index contributed by atoms with van der Waals surface area (Å²) in [7, 11) is 0. The fraction of sp³-hybridized carbons (Fsp3) is 0.364. The minimum absolute atomic E-state index is 0.243. The Kier molecular flexibility index (Phi) is 3.97. The maximum atomic E-state index is 10.5. The molecule has 0 aliphatic heterocycles. The Hall–Kier alpha value is -0.820. The van der Waals surface area contributed by atoms with Gasteiger partial charge in [-0.1, -0.05) is 29.8 Å². The van der Waals surface area contributed by atoms with Crippen molar-refractivity contribution in [3.8, 4) is 0 Å². The Morgan fingerprint density at radius 3 is 2.46 bits per heavy atom. The van der Waals surface area contributed by atoms with E-state index in [0.717, 1.165) is 12.8 Å². The number of carbonyl (C=O) groups is 1. The van der Waals surface area contributed by atoms with Gasteiger partial charge in [0, 0.05) is 6.42 Å². The van der Waals surface area contributed by atoms with E-state index < -0.39 is 0 Å². The Labute approximate surface area is 83.7 Å². The van der Waals surface area contributed by atoms with Crippen LogP contribution in [0.3, 0.4) is 0 Å². The molecule has 13 heavy (non-hydrogen) atoms. The highest BCUT2D eigenvalue weighted by Gasteiger charge is 1.97. The van der Waals surface area contributed by atoms with E-state index in [4.69, 9.17) is 11.6 Å². The van der Waals surface area contributed by atoms with Gasteiger partial charge in [-0.2, -0.15) is 0 Å².